The van der Waals surface area contributed by atoms with Crippen LogP contribution in [0.3, 0.4) is 0 Å². The van der Waals surface area contributed by atoms with E-state index < -0.39 is 5.54 Å². The van der Waals surface area contributed by atoms with Gasteiger partial charge in [0.2, 0.25) is 0 Å². The van der Waals surface area contributed by atoms with Gasteiger partial charge in [0.25, 0.3) is 0 Å². The van der Waals surface area contributed by atoms with Gasteiger partial charge in [0.1, 0.15) is 12.1 Å². The van der Waals surface area contributed by atoms with Crippen molar-refractivity contribution in [3.8, 4) is 0 Å². The quantitative estimate of drug-likeness (QED) is 0.389. The third-order valence-electron chi connectivity index (χ3n) is 2.69. The Labute approximate surface area is 95.1 Å². The highest BCUT2D eigenvalue weighted by molar-refractivity contribution is 5.94. The summed E-state index contributed by atoms with van der Waals surface area (Å²) in [6.45, 7) is 1.89. The summed E-state index contributed by atoms with van der Waals surface area (Å²) in [5.74, 6) is 0.0384. The fourth-order valence-electron chi connectivity index (χ4n) is 1.43. The first-order chi connectivity index (χ1) is 7.50. The fraction of sp³-hybridized carbons (Fsp3) is 0.333. The molecule has 16 heavy (non-hydrogen) atoms. The van der Waals surface area contributed by atoms with Crippen LogP contribution < -0.4 is 11.5 Å². The number of benzene rings is 1. The second kappa shape index (κ2) is 4.90. The van der Waals surface area contributed by atoms with E-state index in [1.165, 1.54) is 0 Å². The van der Waals surface area contributed by atoms with Gasteiger partial charge in [0.15, 0.2) is 0 Å². The molecule has 0 aliphatic rings. The summed E-state index contributed by atoms with van der Waals surface area (Å²) >= 11 is 0. The molecule has 86 valence electrons. The van der Waals surface area contributed by atoms with E-state index in [1.807, 2.05) is 19.1 Å². The monoisotopic (exact) mass is 219 g/mol. The first-order valence-electron chi connectivity index (χ1n) is 5.19. The molecule has 4 nitrogen and oxygen atoms in total. The Morgan fingerprint density at radius 1 is 1.44 bits per heavy atom. The lowest BCUT2D eigenvalue weighted by atomic mass is 9.90. The van der Waals surface area contributed by atoms with Crippen LogP contribution in [0, 0.1) is 5.41 Å². The van der Waals surface area contributed by atoms with Crippen LogP contribution in [0.4, 0.5) is 0 Å². The Bertz CT molecular complexity index is 386. The van der Waals surface area contributed by atoms with E-state index in [-0.39, 0.29) is 5.84 Å². The summed E-state index contributed by atoms with van der Waals surface area (Å²) in [5, 5.41) is 7.26. The zero-order valence-corrected chi connectivity index (χ0v) is 9.36. The molecule has 0 radical (unpaired) electrons. The molecule has 0 saturated carbocycles. The minimum absolute atomic E-state index is 0.0384. The summed E-state index contributed by atoms with van der Waals surface area (Å²) in [6.07, 6.45) is 1.90. The van der Waals surface area contributed by atoms with Gasteiger partial charge in [-0.3, -0.25) is 5.41 Å². The molecule has 1 rings (SSSR count). The molecule has 1 unspecified atom stereocenters. The molecule has 0 heterocycles. The van der Waals surface area contributed by atoms with Crippen LogP contribution in [0.15, 0.2) is 24.3 Å². The lowest BCUT2D eigenvalue weighted by Gasteiger charge is -2.20. The average Bonchev–Trinajstić information content (AvgIpc) is 2.29. The van der Waals surface area contributed by atoms with Gasteiger partial charge in [0, 0.05) is 5.56 Å². The molecule has 0 saturated heterocycles. The van der Waals surface area contributed by atoms with Crippen molar-refractivity contribution in [3.63, 3.8) is 0 Å². The van der Waals surface area contributed by atoms with Crippen LogP contribution in [0.2, 0.25) is 0 Å². The minimum Gasteiger partial charge on any atom is -0.384 e. The number of amidine groups is 1. The van der Waals surface area contributed by atoms with E-state index in [0.717, 1.165) is 11.8 Å². The van der Waals surface area contributed by atoms with Crippen molar-refractivity contribution < 1.29 is 4.79 Å². The van der Waals surface area contributed by atoms with Crippen molar-refractivity contribution in [1.29, 1.82) is 5.41 Å². The Morgan fingerprint density at radius 2 is 2.00 bits per heavy atom. The number of hydrogen-bond donors (Lipinski definition) is 3. The summed E-state index contributed by atoms with van der Waals surface area (Å²) in [4.78, 5) is 10.9. The van der Waals surface area contributed by atoms with Crippen molar-refractivity contribution in [3.05, 3.63) is 35.4 Å². The van der Waals surface area contributed by atoms with Crippen molar-refractivity contribution in [2.75, 3.05) is 0 Å². The second-order valence-corrected chi connectivity index (χ2v) is 3.99. The van der Waals surface area contributed by atoms with Crippen molar-refractivity contribution in [1.82, 2.24) is 0 Å². The molecule has 0 aromatic heterocycles. The molecule has 5 N–H and O–H groups in total. The summed E-state index contributed by atoms with van der Waals surface area (Å²) in [6, 6.07) is 7.21. The third-order valence-corrected chi connectivity index (χ3v) is 2.69. The van der Waals surface area contributed by atoms with Crippen LogP contribution in [-0.2, 0) is 11.2 Å². The highest BCUT2D eigenvalue weighted by atomic mass is 16.1. The molecule has 4 heteroatoms. The second-order valence-electron chi connectivity index (χ2n) is 3.99. The minimum atomic E-state index is -0.794. The van der Waals surface area contributed by atoms with Gasteiger partial charge in [-0.15, -0.1) is 0 Å². The molecule has 1 aromatic rings. The topological polar surface area (TPSA) is 93.0 Å². The summed E-state index contributed by atoms with van der Waals surface area (Å²) in [5.41, 5.74) is 12.1. The van der Waals surface area contributed by atoms with Gasteiger partial charge in [-0.25, -0.2) is 0 Å². The Morgan fingerprint density at radius 3 is 2.38 bits per heavy atom. The van der Waals surface area contributed by atoms with Gasteiger partial charge >= 0.3 is 0 Å². The number of nitrogen functional groups attached to an aromatic ring is 1. The summed E-state index contributed by atoms with van der Waals surface area (Å²) < 4.78 is 0. The standard InChI is InChI=1S/C12H17N3O/c1-2-12(15,8-16)7-9-3-5-10(6-4-9)11(13)14/h3-6,8H,2,7,15H2,1H3,(H3,13,14). The lowest BCUT2D eigenvalue weighted by Crippen LogP contribution is -2.43. The number of nitrogens with two attached hydrogens (primary N) is 2. The van der Waals surface area contributed by atoms with Crippen LogP contribution in [-0.4, -0.2) is 17.7 Å². The predicted octanol–water partition coefficient (Wildman–Crippen LogP) is 0.820. The molecule has 0 aliphatic heterocycles. The zero-order chi connectivity index (χ0) is 12.2. The summed E-state index contributed by atoms with van der Waals surface area (Å²) in [7, 11) is 0. The first kappa shape index (κ1) is 12.4. The Balaban J connectivity index is 2.83. The van der Waals surface area contributed by atoms with E-state index in [9.17, 15) is 4.79 Å². The van der Waals surface area contributed by atoms with E-state index in [0.29, 0.717) is 18.4 Å². The van der Waals surface area contributed by atoms with Gasteiger partial charge < -0.3 is 16.3 Å². The number of carbonyl (C=O) groups is 1. The molecule has 0 fully saturated rings. The number of nitrogens with one attached hydrogen (secondary N) is 1. The van der Waals surface area contributed by atoms with Crippen LogP contribution in [0.25, 0.3) is 0 Å². The molecule has 0 aliphatic carbocycles. The lowest BCUT2D eigenvalue weighted by molar-refractivity contribution is -0.112. The normalized spacial score (nSPS) is 14.1. The van der Waals surface area contributed by atoms with Crippen LogP contribution in [0.1, 0.15) is 24.5 Å². The van der Waals surface area contributed by atoms with E-state index in [1.54, 1.807) is 12.1 Å². The number of aldehydes is 1. The Kier molecular flexibility index (Phi) is 3.79. The number of rotatable bonds is 5. The van der Waals surface area contributed by atoms with Gasteiger partial charge in [-0.05, 0) is 18.4 Å². The largest absolute Gasteiger partial charge is 0.384 e. The molecular weight excluding hydrogens is 202 g/mol. The molecule has 0 spiro atoms. The van der Waals surface area contributed by atoms with Crippen LogP contribution in [0.5, 0.6) is 0 Å². The Hall–Kier alpha value is -1.68. The van der Waals surface area contributed by atoms with Crippen molar-refractivity contribution >= 4 is 12.1 Å². The molecule has 0 amide bonds. The third kappa shape index (κ3) is 2.90. The fourth-order valence-corrected chi connectivity index (χ4v) is 1.43. The van der Waals surface area contributed by atoms with Gasteiger partial charge in [-0.2, -0.15) is 0 Å². The highest BCUT2D eigenvalue weighted by Gasteiger charge is 2.21. The number of carbonyl (C=O) groups excluding carboxylic acids is 1. The molecule has 0 bridgehead atoms. The predicted molar refractivity (Wildman–Crippen MR) is 64.4 cm³/mol. The maximum atomic E-state index is 10.9. The van der Waals surface area contributed by atoms with Crippen LogP contribution >= 0.6 is 0 Å². The van der Waals surface area contributed by atoms with Crippen molar-refractivity contribution in [2.45, 2.75) is 25.3 Å². The maximum Gasteiger partial charge on any atom is 0.140 e. The molecule has 1 atom stereocenters. The average molecular weight is 219 g/mol. The van der Waals surface area contributed by atoms with Gasteiger partial charge in [-0.1, -0.05) is 31.2 Å². The SMILES string of the molecule is CCC(N)(C=O)Cc1ccc(C(=N)N)cc1. The maximum absolute atomic E-state index is 10.9. The van der Waals surface area contributed by atoms with Crippen molar-refractivity contribution in [2.24, 2.45) is 11.5 Å². The van der Waals surface area contributed by atoms with E-state index >= 15 is 0 Å². The zero-order valence-electron chi connectivity index (χ0n) is 9.36. The van der Waals surface area contributed by atoms with Gasteiger partial charge in [0.05, 0.1) is 5.54 Å². The molecule has 1 aromatic carbocycles. The van der Waals surface area contributed by atoms with E-state index in [4.69, 9.17) is 16.9 Å². The van der Waals surface area contributed by atoms with E-state index in [2.05, 4.69) is 0 Å². The molecular formula is C12H17N3O. The number of hydrogen-bond acceptors (Lipinski definition) is 3. The smallest absolute Gasteiger partial charge is 0.140 e. The highest BCUT2D eigenvalue weighted by Crippen LogP contribution is 2.13. The first-order valence-corrected chi connectivity index (χ1v) is 5.19.